The van der Waals surface area contributed by atoms with E-state index in [4.69, 9.17) is 4.74 Å². The molecule has 3 aromatic rings. The molecule has 7 heteroatoms. The van der Waals surface area contributed by atoms with E-state index < -0.39 is 0 Å². The summed E-state index contributed by atoms with van der Waals surface area (Å²) in [5.74, 6) is -1.12. The third kappa shape index (κ3) is 4.66. The molecule has 0 fully saturated rings. The first-order chi connectivity index (χ1) is 15.5. The number of aryl methyl sites for hydroxylation is 1. The summed E-state index contributed by atoms with van der Waals surface area (Å²) < 4.78 is 34.8. The summed E-state index contributed by atoms with van der Waals surface area (Å²) >= 11 is 0. The molecule has 0 saturated carbocycles. The molecule has 1 aliphatic rings. The normalized spacial score (nSPS) is 15.4. The fraction of sp³-hybridized carbons (Fsp3) is 0.360. The van der Waals surface area contributed by atoms with Crippen molar-refractivity contribution in [2.75, 3.05) is 6.61 Å². The summed E-state index contributed by atoms with van der Waals surface area (Å²) in [7, 11) is 0. The van der Waals surface area contributed by atoms with Gasteiger partial charge in [-0.2, -0.15) is 0 Å². The molecule has 1 N–H and O–H groups in total. The molecule has 4 rings (SSSR count). The second-order valence-electron chi connectivity index (χ2n) is 8.08. The zero-order chi connectivity index (χ0) is 22.7. The van der Waals surface area contributed by atoms with Crippen LogP contribution in [0.4, 0.5) is 8.78 Å². The number of nitrogens with zero attached hydrogens (tertiary/aromatic N) is 1. The Bertz CT molecular complexity index is 1160. The zero-order valence-electron chi connectivity index (χ0n) is 18.0. The predicted octanol–water partition coefficient (Wildman–Crippen LogP) is 4.09. The van der Waals surface area contributed by atoms with Crippen LogP contribution < -0.4 is 5.32 Å². The molecule has 168 valence electrons. The van der Waals surface area contributed by atoms with Gasteiger partial charge in [0.15, 0.2) is 0 Å². The number of aromatic nitrogens is 1. The molecule has 32 heavy (non-hydrogen) atoms. The summed E-state index contributed by atoms with van der Waals surface area (Å²) in [5.41, 5.74) is 3.24. The van der Waals surface area contributed by atoms with Gasteiger partial charge in [0.1, 0.15) is 18.2 Å². The Balaban J connectivity index is 1.49. The first kappa shape index (κ1) is 22.0. The highest BCUT2D eigenvalue weighted by molar-refractivity contribution is 5.87. The second-order valence-corrected chi connectivity index (χ2v) is 8.08. The summed E-state index contributed by atoms with van der Waals surface area (Å²) in [6.45, 7) is 2.14. The van der Waals surface area contributed by atoms with Gasteiger partial charge in [-0.05, 0) is 68.0 Å². The Morgan fingerprint density at radius 3 is 2.78 bits per heavy atom. The second kappa shape index (κ2) is 9.51. The van der Waals surface area contributed by atoms with Crippen LogP contribution in [0.3, 0.4) is 0 Å². The standard InChI is InChI=1S/C25H26F2N2O3/c1-2-32-25(31)15-29-22-10-8-17(26)13-19(22)20-14-18(9-11-23(20)29)28-24(30)12-7-16-5-3-4-6-21(16)27/h3-6,8,10,13,18H,2,7,9,11-12,14-15H2,1H3,(H,28,30)/t18-/m0/s1. The number of hydrogen-bond donors (Lipinski definition) is 1. The van der Waals surface area contributed by atoms with E-state index in [1.54, 1.807) is 31.2 Å². The molecule has 1 heterocycles. The molecule has 1 atom stereocenters. The monoisotopic (exact) mass is 440 g/mol. The van der Waals surface area contributed by atoms with Crippen molar-refractivity contribution >= 4 is 22.8 Å². The number of ether oxygens (including phenoxy) is 1. The first-order valence-electron chi connectivity index (χ1n) is 10.9. The topological polar surface area (TPSA) is 60.3 Å². The first-order valence-corrected chi connectivity index (χ1v) is 10.9. The summed E-state index contributed by atoms with van der Waals surface area (Å²) in [6, 6.07) is 10.9. The van der Waals surface area contributed by atoms with Gasteiger partial charge in [-0.3, -0.25) is 9.59 Å². The molecule has 0 spiro atoms. The average Bonchev–Trinajstić information content (AvgIpc) is 3.05. The van der Waals surface area contributed by atoms with Gasteiger partial charge in [0, 0.05) is 29.1 Å². The van der Waals surface area contributed by atoms with Crippen LogP contribution in [0.2, 0.25) is 0 Å². The van der Waals surface area contributed by atoms with Crippen LogP contribution in [0.5, 0.6) is 0 Å². The molecule has 0 aliphatic heterocycles. The average molecular weight is 440 g/mol. The number of rotatable bonds is 7. The van der Waals surface area contributed by atoms with Crippen molar-refractivity contribution in [3.05, 3.63) is 70.9 Å². The number of esters is 1. The minimum absolute atomic E-state index is 0.0744. The van der Waals surface area contributed by atoms with Crippen LogP contribution in [-0.2, 0) is 40.1 Å². The SMILES string of the molecule is CCOC(=O)Cn1c2c(c3cc(F)ccc31)C[C@@H](NC(=O)CCc1ccccc1F)CC2. The number of benzene rings is 2. The van der Waals surface area contributed by atoms with Crippen LogP contribution in [-0.4, -0.2) is 29.1 Å². The molecule has 1 amide bonds. The Morgan fingerprint density at radius 1 is 1.19 bits per heavy atom. The van der Waals surface area contributed by atoms with Crippen molar-refractivity contribution in [2.45, 2.75) is 51.6 Å². The number of hydrogen-bond acceptors (Lipinski definition) is 3. The molecule has 0 bridgehead atoms. The Hall–Kier alpha value is -3.22. The van der Waals surface area contributed by atoms with Crippen molar-refractivity contribution in [3.63, 3.8) is 0 Å². The van der Waals surface area contributed by atoms with Crippen LogP contribution >= 0.6 is 0 Å². The number of carbonyl (C=O) groups is 2. The van der Waals surface area contributed by atoms with Crippen molar-refractivity contribution in [1.82, 2.24) is 9.88 Å². The van der Waals surface area contributed by atoms with Crippen molar-refractivity contribution in [1.29, 1.82) is 0 Å². The molecule has 0 radical (unpaired) electrons. The number of carbonyl (C=O) groups excluding carboxylic acids is 2. The summed E-state index contributed by atoms with van der Waals surface area (Å²) in [6.07, 6.45) is 2.45. The third-order valence-electron chi connectivity index (χ3n) is 5.97. The number of halogens is 2. The van der Waals surface area contributed by atoms with E-state index >= 15 is 0 Å². The third-order valence-corrected chi connectivity index (χ3v) is 5.97. The highest BCUT2D eigenvalue weighted by Gasteiger charge is 2.27. The molecule has 5 nitrogen and oxygen atoms in total. The van der Waals surface area contributed by atoms with Gasteiger partial charge in [-0.25, -0.2) is 8.78 Å². The zero-order valence-corrected chi connectivity index (χ0v) is 18.0. The van der Waals surface area contributed by atoms with Crippen molar-refractivity contribution < 1.29 is 23.1 Å². The lowest BCUT2D eigenvalue weighted by molar-refractivity contribution is -0.143. The Morgan fingerprint density at radius 2 is 2.00 bits per heavy atom. The maximum absolute atomic E-state index is 14.0. The molecule has 0 saturated heterocycles. The molecule has 2 aromatic carbocycles. The number of nitrogens with one attached hydrogen (secondary N) is 1. The maximum atomic E-state index is 14.0. The fourth-order valence-electron chi connectivity index (χ4n) is 4.51. The molecule has 0 unspecified atom stereocenters. The highest BCUT2D eigenvalue weighted by Crippen LogP contribution is 2.33. The lowest BCUT2D eigenvalue weighted by Crippen LogP contribution is -2.39. The smallest absolute Gasteiger partial charge is 0.325 e. The van der Waals surface area contributed by atoms with Crippen LogP contribution in [0.15, 0.2) is 42.5 Å². The van der Waals surface area contributed by atoms with Gasteiger partial charge in [0.05, 0.1) is 6.61 Å². The van der Waals surface area contributed by atoms with Gasteiger partial charge in [-0.15, -0.1) is 0 Å². The van der Waals surface area contributed by atoms with E-state index in [1.807, 2.05) is 4.57 Å². The lowest BCUT2D eigenvalue weighted by Gasteiger charge is -2.25. The lowest BCUT2D eigenvalue weighted by atomic mass is 9.91. The Labute approximate surface area is 185 Å². The van der Waals surface area contributed by atoms with E-state index in [-0.39, 0.29) is 42.5 Å². The van der Waals surface area contributed by atoms with Gasteiger partial charge in [0.2, 0.25) is 5.91 Å². The van der Waals surface area contributed by atoms with Crippen LogP contribution in [0.1, 0.15) is 36.6 Å². The van der Waals surface area contributed by atoms with E-state index in [0.717, 1.165) is 22.2 Å². The largest absolute Gasteiger partial charge is 0.465 e. The predicted molar refractivity (Wildman–Crippen MR) is 117 cm³/mol. The van der Waals surface area contributed by atoms with E-state index in [9.17, 15) is 18.4 Å². The summed E-state index contributed by atoms with van der Waals surface area (Å²) in [4.78, 5) is 24.6. The molecular weight excluding hydrogens is 414 g/mol. The summed E-state index contributed by atoms with van der Waals surface area (Å²) in [5, 5.41) is 3.80. The van der Waals surface area contributed by atoms with E-state index in [0.29, 0.717) is 37.9 Å². The maximum Gasteiger partial charge on any atom is 0.325 e. The molecule has 1 aliphatic carbocycles. The highest BCUT2D eigenvalue weighted by atomic mass is 19.1. The Kier molecular flexibility index (Phi) is 6.53. The molecular formula is C25H26F2N2O3. The van der Waals surface area contributed by atoms with Crippen LogP contribution in [0.25, 0.3) is 10.9 Å². The number of fused-ring (bicyclic) bond motifs is 3. The van der Waals surface area contributed by atoms with Gasteiger partial charge in [-0.1, -0.05) is 18.2 Å². The van der Waals surface area contributed by atoms with Gasteiger partial charge >= 0.3 is 5.97 Å². The quantitative estimate of drug-likeness (QED) is 0.563. The number of amides is 1. The molecule has 1 aromatic heterocycles. The van der Waals surface area contributed by atoms with Crippen molar-refractivity contribution in [3.8, 4) is 0 Å². The van der Waals surface area contributed by atoms with Gasteiger partial charge in [0.25, 0.3) is 0 Å². The fourth-order valence-corrected chi connectivity index (χ4v) is 4.51. The van der Waals surface area contributed by atoms with Crippen LogP contribution in [0, 0.1) is 11.6 Å². The van der Waals surface area contributed by atoms with E-state index in [2.05, 4.69) is 5.32 Å². The van der Waals surface area contributed by atoms with Gasteiger partial charge < -0.3 is 14.6 Å². The minimum Gasteiger partial charge on any atom is -0.465 e. The van der Waals surface area contributed by atoms with Crippen molar-refractivity contribution in [2.24, 2.45) is 0 Å². The minimum atomic E-state index is -0.343. The van der Waals surface area contributed by atoms with E-state index in [1.165, 1.54) is 18.2 Å².